The van der Waals surface area contributed by atoms with E-state index in [1.165, 1.54) is 5.56 Å². The molecule has 6 nitrogen and oxygen atoms in total. The van der Waals surface area contributed by atoms with Crippen molar-refractivity contribution in [2.45, 2.75) is 12.5 Å². The highest BCUT2D eigenvalue weighted by Gasteiger charge is 2.30. The Kier molecular flexibility index (Phi) is 8.21. The molecule has 2 N–H and O–H groups in total. The molecular weight excluding hydrogens is 491 g/mol. The maximum Gasteiger partial charge on any atom is 0.193 e. The minimum absolute atomic E-state index is 0. The number of nitrogens with zero attached hydrogens (tertiary/aromatic N) is 3. The van der Waals surface area contributed by atoms with Gasteiger partial charge in [-0.05, 0) is 24.1 Å². The molecule has 0 spiro atoms. The van der Waals surface area contributed by atoms with Gasteiger partial charge in [0.25, 0.3) is 0 Å². The van der Waals surface area contributed by atoms with Crippen LogP contribution in [0.1, 0.15) is 18.1 Å². The van der Waals surface area contributed by atoms with Gasteiger partial charge in [0.2, 0.25) is 0 Å². The molecule has 30 heavy (non-hydrogen) atoms. The highest BCUT2D eigenvalue weighted by atomic mass is 127. The van der Waals surface area contributed by atoms with E-state index in [1.54, 1.807) is 6.07 Å². The third-order valence-corrected chi connectivity index (χ3v) is 5.88. The summed E-state index contributed by atoms with van der Waals surface area (Å²) in [5.74, 6) is 1.73. The summed E-state index contributed by atoms with van der Waals surface area (Å²) in [6, 6.07) is 18.0. The molecule has 2 fully saturated rings. The van der Waals surface area contributed by atoms with E-state index in [-0.39, 0.29) is 30.1 Å². The summed E-state index contributed by atoms with van der Waals surface area (Å²) in [4.78, 5) is 9.04. The molecule has 7 heteroatoms. The first kappa shape index (κ1) is 22.7. The summed E-state index contributed by atoms with van der Waals surface area (Å²) in [6.07, 6.45) is 1.21. The highest BCUT2D eigenvalue weighted by molar-refractivity contribution is 14.0. The van der Waals surface area contributed by atoms with Crippen LogP contribution in [0, 0.1) is 5.92 Å². The third kappa shape index (κ3) is 5.18. The van der Waals surface area contributed by atoms with Gasteiger partial charge in [-0.3, -0.25) is 4.99 Å². The number of benzene rings is 2. The molecule has 0 amide bonds. The molecule has 2 saturated heterocycles. The predicted octanol–water partition coefficient (Wildman–Crippen LogP) is 3.49. The van der Waals surface area contributed by atoms with E-state index >= 15 is 0 Å². The fourth-order valence-corrected chi connectivity index (χ4v) is 4.30. The zero-order valence-corrected chi connectivity index (χ0v) is 19.7. The van der Waals surface area contributed by atoms with Gasteiger partial charge < -0.3 is 25.0 Å². The maximum atomic E-state index is 10.1. The number of aromatic hydroxyl groups is 1. The molecule has 2 aromatic carbocycles. The molecule has 0 aromatic heterocycles. The van der Waals surface area contributed by atoms with Crippen LogP contribution in [-0.2, 0) is 4.74 Å². The number of halogens is 1. The predicted molar refractivity (Wildman–Crippen MR) is 132 cm³/mol. The second-order valence-electron chi connectivity index (χ2n) is 7.64. The number of piperazine rings is 1. The molecular formula is C23H31IN4O2. The van der Waals surface area contributed by atoms with Crippen LogP contribution in [0.25, 0.3) is 0 Å². The average Bonchev–Trinajstić information content (AvgIpc) is 3.24. The largest absolute Gasteiger partial charge is 0.506 e. The van der Waals surface area contributed by atoms with E-state index in [9.17, 15) is 5.11 Å². The maximum absolute atomic E-state index is 10.1. The van der Waals surface area contributed by atoms with Gasteiger partial charge in [0.15, 0.2) is 5.96 Å². The molecule has 162 valence electrons. The van der Waals surface area contributed by atoms with Crippen LogP contribution in [0.3, 0.4) is 0 Å². The summed E-state index contributed by atoms with van der Waals surface area (Å²) in [7, 11) is 1.84. The molecule has 0 bridgehead atoms. The van der Waals surface area contributed by atoms with Crippen LogP contribution in [-0.4, -0.2) is 62.3 Å². The summed E-state index contributed by atoms with van der Waals surface area (Å²) in [5.41, 5.74) is 2.16. The Morgan fingerprint density at radius 1 is 1.07 bits per heavy atom. The fraction of sp³-hybridized carbons (Fsp3) is 0.435. The number of rotatable bonds is 4. The van der Waals surface area contributed by atoms with Gasteiger partial charge in [-0.15, -0.1) is 24.0 Å². The van der Waals surface area contributed by atoms with Crippen molar-refractivity contribution in [1.82, 2.24) is 10.2 Å². The van der Waals surface area contributed by atoms with Crippen LogP contribution in [0.2, 0.25) is 0 Å². The quantitative estimate of drug-likeness (QED) is 0.366. The molecule has 2 atom stereocenters. The summed E-state index contributed by atoms with van der Waals surface area (Å²) < 4.78 is 6.01. The van der Waals surface area contributed by atoms with Crippen molar-refractivity contribution in [2.75, 3.05) is 51.3 Å². The summed E-state index contributed by atoms with van der Waals surface area (Å²) >= 11 is 0. The van der Waals surface area contributed by atoms with E-state index in [1.807, 2.05) is 31.3 Å². The van der Waals surface area contributed by atoms with Gasteiger partial charge in [0.05, 0.1) is 11.8 Å². The lowest BCUT2D eigenvalue weighted by molar-refractivity contribution is 0.0913. The molecule has 0 aliphatic carbocycles. The van der Waals surface area contributed by atoms with Crippen molar-refractivity contribution in [1.29, 1.82) is 0 Å². The van der Waals surface area contributed by atoms with Crippen molar-refractivity contribution in [2.24, 2.45) is 10.9 Å². The van der Waals surface area contributed by atoms with Gasteiger partial charge >= 0.3 is 0 Å². The molecule has 2 aliphatic rings. The molecule has 2 unspecified atom stereocenters. The minimum atomic E-state index is 0. The Labute approximate surface area is 196 Å². The van der Waals surface area contributed by atoms with Crippen molar-refractivity contribution >= 4 is 35.6 Å². The van der Waals surface area contributed by atoms with Crippen molar-refractivity contribution < 1.29 is 9.84 Å². The lowest BCUT2D eigenvalue weighted by atomic mass is 9.95. The fourth-order valence-electron chi connectivity index (χ4n) is 4.30. The number of guanidine groups is 1. The Hall–Kier alpha value is -2.00. The first-order valence-corrected chi connectivity index (χ1v) is 10.4. The van der Waals surface area contributed by atoms with Crippen LogP contribution in [0.15, 0.2) is 59.6 Å². The smallest absolute Gasteiger partial charge is 0.193 e. The van der Waals surface area contributed by atoms with Crippen molar-refractivity contribution in [3.8, 4) is 5.75 Å². The number of phenolic OH excluding ortho intramolecular Hbond substituents is 1. The topological polar surface area (TPSA) is 60.3 Å². The van der Waals surface area contributed by atoms with Crippen LogP contribution >= 0.6 is 24.0 Å². The number of aliphatic imine (C=N–C) groups is 1. The Bertz CT molecular complexity index is 825. The van der Waals surface area contributed by atoms with Crippen molar-refractivity contribution in [3.05, 3.63) is 60.2 Å². The van der Waals surface area contributed by atoms with Crippen molar-refractivity contribution in [3.63, 3.8) is 0 Å². The van der Waals surface area contributed by atoms with E-state index < -0.39 is 0 Å². The Morgan fingerprint density at radius 3 is 2.47 bits per heavy atom. The zero-order chi connectivity index (χ0) is 20.1. The van der Waals surface area contributed by atoms with E-state index in [0.717, 1.165) is 57.4 Å². The summed E-state index contributed by atoms with van der Waals surface area (Å²) in [6.45, 7) is 5.12. The van der Waals surface area contributed by atoms with E-state index in [2.05, 4.69) is 44.4 Å². The monoisotopic (exact) mass is 522 g/mol. The first-order valence-electron chi connectivity index (χ1n) is 10.4. The number of para-hydroxylation sites is 2. The SMILES string of the molecule is CN=C(NCC1CCOC1c1ccccc1)N1CCN(c2ccccc2O)CC1.I. The Balaban J connectivity index is 0.00000256. The Morgan fingerprint density at radius 2 is 1.77 bits per heavy atom. The lowest BCUT2D eigenvalue weighted by Gasteiger charge is -2.38. The van der Waals surface area contributed by atoms with Gasteiger partial charge in [-0.25, -0.2) is 0 Å². The first-order chi connectivity index (χ1) is 14.3. The third-order valence-electron chi connectivity index (χ3n) is 5.88. The number of anilines is 1. The number of nitrogens with one attached hydrogen (secondary N) is 1. The van der Waals surface area contributed by atoms with Gasteiger partial charge in [-0.1, -0.05) is 42.5 Å². The lowest BCUT2D eigenvalue weighted by Crippen LogP contribution is -2.53. The molecule has 2 heterocycles. The second-order valence-corrected chi connectivity index (χ2v) is 7.64. The summed E-state index contributed by atoms with van der Waals surface area (Å²) in [5, 5.41) is 13.7. The van der Waals surface area contributed by atoms with Crippen LogP contribution < -0.4 is 10.2 Å². The molecule has 4 rings (SSSR count). The van der Waals surface area contributed by atoms with Crippen LogP contribution in [0.5, 0.6) is 5.75 Å². The molecule has 0 radical (unpaired) electrons. The van der Waals surface area contributed by atoms with Gasteiger partial charge in [-0.2, -0.15) is 0 Å². The van der Waals surface area contributed by atoms with E-state index in [4.69, 9.17) is 4.74 Å². The average molecular weight is 522 g/mol. The van der Waals surface area contributed by atoms with Crippen LogP contribution in [0.4, 0.5) is 5.69 Å². The number of phenols is 1. The number of ether oxygens (including phenoxy) is 1. The molecule has 0 saturated carbocycles. The zero-order valence-electron chi connectivity index (χ0n) is 17.4. The van der Waals surface area contributed by atoms with E-state index in [0.29, 0.717) is 11.7 Å². The number of hydrogen-bond acceptors (Lipinski definition) is 4. The molecule has 2 aliphatic heterocycles. The highest BCUT2D eigenvalue weighted by Crippen LogP contribution is 2.34. The standard InChI is InChI=1S/C23H30N4O2.HI/c1-24-23(25-17-19-11-16-29-22(19)18-7-3-2-4-8-18)27-14-12-26(13-15-27)20-9-5-6-10-21(20)28;/h2-10,19,22,28H,11-17H2,1H3,(H,24,25);1H. The van der Waals surface area contributed by atoms with Gasteiger partial charge in [0.1, 0.15) is 5.75 Å². The normalized spacial score (nSPS) is 22.0. The number of hydrogen-bond donors (Lipinski definition) is 2. The minimum Gasteiger partial charge on any atom is -0.506 e. The second kappa shape index (κ2) is 10.9. The van der Waals surface area contributed by atoms with Gasteiger partial charge in [0, 0.05) is 52.3 Å². The molecule has 2 aromatic rings.